The number of anilines is 3. The van der Waals surface area contributed by atoms with Gasteiger partial charge in [0, 0.05) is 37.0 Å². The lowest BCUT2D eigenvalue weighted by Gasteiger charge is -2.30. The Morgan fingerprint density at radius 3 is 1.65 bits per heavy atom. The molecule has 1 nitrogen and oxygen atoms in total. The summed E-state index contributed by atoms with van der Waals surface area (Å²) in [6.45, 7) is 0. The van der Waals surface area contributed by atoms with Gasteiger partial charge in [-0.25, -0.2) is 0 Å². The van der Waals surface area contributed by atoms with E-state index >= 15 is 0 Å². The molecule has 0 bridgehead atoms. The van der Waals surface area contributed by atoms with Gasteiger partial charge >= 0.3 is 0 Å². The molecule has 0 unspecified atom stereocenters. The molecule has 1 aromatic heterocycles. The molecular weight excluding hydrogens is 671 g/mol. The molecule has 2 heteroatoms. The monoisotopic (exact) mass is 705 g/mol. The number of thiophene rings is 1. The third-order valence-electron chi connectivity index (χ3n) is 10.5. The van der Waals surface area contributed by atoms with E-state index < -0.39 is 0 Å². The zero-order valence-corrected chi connectivity index (χ0v) is 30.4. The third kappa shape index (κ3) is 5.74. The lowest BCUT2D eigenvalue weighted by atomic mass is 9.91. The van der Waals surface area contributed by atoms with Gasteiger partial charge in [-0.3, -0.25) is 0 Å². The lowest BCUT2D eigenvalue weighted by molar-refractivity contribution is 1.28. The standard InChI is InChI=1S/C52H35NS/c1-2-14-36(15-3-1)38-28-31-42(32-29-38)53(49-23-11-8-19-44(49)41-30-33-48-47-22-10-13-25-51(47)54-52(48)35-41)50-24-12-9-21-46(50)45-20-7-6-18-43(45)40-27-26-37-16-4-5-17-39(37)34-40/h1-35H. The van der Waals surface area contributed by atoms with Crippen LogP contribution in [0.2, 0.25) is 0 Å². The highest BCUT2D eigenvalue weighted by Crippen LogP contribution is 2.47. The fourth-order valence-electron chi connectivity index (χ4n) is 7.87. The minimum atomic E-state index is 1.10. The van der Waals surface area contributed by atoms with Crippen LogP contribution in [-0.4, -0.2) is 0 Å². The zero-order chi connectivity index (χ0) is 35.8. The Morgan fingerprint density at radius 1 is 0.296 bits per heavy atom. The minimum absolute atomic E-state index is 1.10. The highest BCUT2D eigenvalue weighted by molar-refractivity contribution is 7.25. The average Bonchev–Trinajstić information content (AvgIpc) is 3.63. The molecule has 0 atom stereocenters. The number of para-hydroxylation sites is 2. The van der Waals surface area contributed by atoms with E-state index in [0.717, 1.165) is 17.1 Å². The number of nitrogens with zero attached hydrogens (tertiary/aromatic N) is 1. The summed E-state index contributed by atoms with van der Waals surface area (Å²) < 4.78 is 2.61. The molecular formula is C52H35NS. The van der Waals surface area contributed by atoms with E-state index in [1.54, 1.807) is 0 Å². The van der Waals surface area contributed by atoms with Crippen molar-refractivity contribution in [3.63, 3.8) is 0 Å². The molecule has 9 aromatic carbocycles. The Kier molecular flexibility index (Phi) is 8.09. The van der Waals surface area contributed by atoms with Crippen LogP contribution in [0.15, 0.2) is 212 Å². The van der Waals surface area contributed by atoms with Gasteiger partial charge in [0.2, 0.25) is 0 Å². The van der Waals surface area contributed by atoms with Crippen molar-refractivity contribution >= 4 is 59.3 Å². The van der Waals surface area contributed by atoms with Crippen molar-refractivity contribution in [2.75, 3.05) is 4.90 Å². The van der Waals surface area contributed by atoms with Crippen molar-refractivity contribution in [1.29, 1.82) is 0 Å². The van der Waals surface area contributed by atoms with E-state index in [1.165, 1.54) is 75.5 Å². The second-order valence-electron chi connectivity index (χ2n) is 13.7. The first-order valence-electron chi connectivity index (χ1n) is 18.4. The normalized spacial score (nSPS) is 11.3. The molecule has 1 heterocycles. The second kappa shape index (κ2) is 13.7. The van der Waals surface area contributed by atoms with Crippen LogP contribution in [0.4, 0.5) is 17.1 Å². The molecule has 0 N–H and O–H groups in total. The summed E-state index contributed by atoms with van der Waals surface area (Å²) in [5.74, 6) is 0. The molecule has 0 aliphatic rings. The van der Waals surface area contributed by atoms with Crippen molar-refractivity contribution in [2.45, 2.75) is 0 Å². The van der Waals surface area contributed by atoms with Crippen LogP contribution in [0.5, 0.6) is 0 Å². The molecule has 0 saturated heterocycles. The Labute approximate surface area is 319 Å². The quantitative estimate of drug-likeness (QED) is 0.160. The Bertz CT molecular complexity index is 2940. The maximum absolute atomic E-state index is 2.45. The predicted molar refractivity (Wildman–Crippen MR) is 233 cm³/mol. The fraction of sp³-hybridized carbons (Fsp3) is 0. The Morgan fingerprint density at radius 2 is 0.833 bits per heavy atom. The van der Waals surface area contributed by atoms with E-state index in [1.807, 2.05) is 11.3 Å². The van der Waals surface area contributed by atoms with Gasteiger partial charge in [0.1, 0.15) is 0 Å². The van der Waals surface area contributed by atoms with Crippen LogP contribution >= 0.6 is 11.3 Å². The summed E-state index contributed by atoms with van der Waals surface area (Å²) >= 11 is 1.86. The number of fused-ring (bicyclic) bond motifs is 4. The van der Waals surface area contributed by atoms with Crippen LogP contribution in [0.1, 0.15) is 0 Å². The highest BCUT2D eigenvalue weighted by Gasteiger charge is 2.22. The summed E-state index contributed by atoms with van der Waals surface area (Å²) in [6, 6.07) is 77.2. The van der Waals surface area contributed by atoms with Crippen LogP contribution in [0, 0.1) is 0 Å². The third-order valence-corrected chi connectivity index (χ3v) is 11.6. The summed E-state index contributed by atoms with van der Waals surface area (Å²) in [5, 5.41) is 5.11. The second-order valence-corrected chi connectivity index (χ2v) is 14.8. The van der Waals surface area contributed by atoms with Crippen molar-refractivity contribution < 1.29 is 0 Å². The average molecular weight is 706 g/mol. The van der Waals surface area contributed by atoms with Gasteiger partial charge in [0.15, 0.2) is 0 Å². The maximum Gasteiger partial charge on any atom is 0.0540 e. The lowest BCUT2D eigenvalue weighted by Crippen LogP contribution is -2.12. The molecule has 0 aliphatic heterocycles. The van der Waals surface area contributed by atoms with Gasteiger partial charge in [-0.2, -0.15) is 0 Å². The van der Waals surface area contributed by atoms with E-state index in [0.29, 0.717) is 0 Å². The fourth-order valence-corrected chi connectivity index (χ4v) is 9.02. The first-order chi connectivity index (χ1) is 26.8. The number of rotatable bonds is 7. The summed E-state index contributed by atoms with van der Waals surface area (Å²) in [7, 11) is 0. The Hall–Kier alpha value is -6.74. The number of hydrogen-bond donors (Lipinski definition) is 0. The van der Waals surface area contributed by atoms with E-state index in [4.69, 9.17) is 0 Å². The Balaban J connectivity index is 1.17. The maximum atomic E-state index is 2.45. The van der Waals surface area contributed by atoms with E-state index in [2.05, 4.69) is 217 Å². The van der Waals surface area contributed by atoms with Crippen LogP contribution in [0.3, 0.4) is 0 Å². The number of hydrogen-bond acceptors (Lipinski definition) is 2. The summed E-state index contributed by atoms with van der Waals surface area (Å²) in [5.41, 5.74) is 12.9. The van der Waals surface area contributed by atoms with Crippen molar-refractivity contribution in [1.82, 2.24) is 0 Å². The molecule has 54 heavy (non-hydrogen) atoms. The first-order valence-corrected chi connectivity index (χ1v) is 19.2. The largest absolute Gasteiger partial charge is 0.309 e. The van der Waals surface area contributed by atoms with Crippen molar-refractivity contribution in [3.8, 4) is 44.5 Å². The number of benzene rings is 9. The molecule has 0 amide bonds. The van der Waals surface area contributed by atoms with Gasteiger partial charge in [-0.05, 0) is 86.6 Å². The topological polar surface area (TPSA) is 3.24 Å². The van der Waals surface area contributed by atoms with Crippen molar-refractivity contribution in [2.24, 2.45) is 0 Å². The van der Waals surface area contributed by atoms with Gasteiger partial charge in [-0.15, -0.1) is 11.3 Å². The summed E-state index contributed by atoms with van der Waals surface area (Å²) in [4.78, 5) is 2.45. The smallest absolute Gasteiger partial charge is 0.0540 e. The molecule has 10 rings (SSSR count). The van der Waals surface area contributed by atoms with Gasteiger partial charge in [-0.1, -0.05) is 170 Å². The van der Waals surface area contributed by atoms with Crippen LogP contribution in [-0.2, 0) is 0 Å². The first kappa shape index (κ1) is 32.0. The molecule has 0 aliphatic carbocycles. The van der Waals surface area contributed by atoms with Crippen LogP contribution < -0.4 is 4.90 Å². The molecule has 0 saturated carbocycles. The molecule has 254 valence electrons. The van der Waals surface area contributed by atoms with Crippen LogP contribution in [0.25, 0.3) is 75.5 Å². The van der Waals surface area contributed by atoms with Gasteiger partial charge in [0.05, 0.1) is 11.4 Å². The SMILES string of the molecule is c1ccc(-c2ccc(N(c3ccccc3-c3ccc4c(c3)sc3ccccc34)c3ccccc3-c3ccccc3-c3ccc4ccccc4c3)cc2)cc1. The van der Waals surface area contributed by atoms with Gasteiger partial charge in [0.25, 0.3) is 0 Å². The van der Waals surface area contributed by atoms with E-state index in [-0.39, 0.29) is 0 Å². The molecule has 0 fully saturated rings. The van der Waals surface area contributed by atoms with Gasteiger partial charge < -0.3 is 4.90 Å². The molecule has 0 spiro atoms. The predicted octanol–water partition coefficient (Wildman–Crippen LogP) is 15.3. The van der Waals surface area contributed by atoms with E-state index in [9.17, 15) is 0 Å². The highest BCUT2D eigenvalue weighted by atomic mass is 32.1. The van der Waals surface area contributed by atoms with Crippen molar-refractivity contribution in [3.05, 3.63) is 212 Å². The zero-order valence-electron chi connectivity index (χ0n) is 29.6. The molecule has 0 radical (unpaired) electrons. The summed E-state index contributed by atoms with van der Waals surface area (Å²) in [6.07, 6.45) is 0. The minimum Gasteiger partial charge on any atom is -0.309 e. The molecule has 10 aromatic rings.